The highest BCUT2D eigenvalue weighted by atomic mass is 16.6. The van der Waals surface area contributed by atoms with Crippen molar-refractivity contribution < 1.29 is 33.4 Å². The van der Waals surface area contributed by atoms with E-state index in [4.69, 9.17) is 10.5 Å². The van der Waals surface area contributed by atoms with Gasteiger partial charge in [0.05, 0.1) is 6.61 Å². The van der Waals surface area contributed by atoms with Crippen LogP contribution < -0.4 is 16.4 Å². The van der Waals surface area contributed by atoms with E-state index in [0.717, 1.165) is 0 Å². The fourth-order valence-electron chi connectivity index (χ4n) is 3.26. The molecule has 1 aromatic rings. The number of nitrogens with two attached hydrogens (primary N) is 1. The molecule has 2 aliphatic heterocycles. The molecule has 4 N–H and O–H groups in total. The SMILES string of the molecule is NC(=O)OCCOCC(=O)Nc1cccc2c1CN(C1CCC(=O)NC1=O)C2=O. The second-order valence-corrected chi connectivity index (χ2v) is 6.50. The van der Waals surface area contributed by atoms with Gasteiger partial charge in [-0.2, -0.15) is 0 Å². The number of nitrogens with one attached hydrogen (secondary N) is 2. The summed E-state index contributed by atoms with van der Waals surface area (Å²) in [4.78, 5) is 60.1. The number of anilines is 1. The van der Waals surface area contributed by atoms with Crippen molar-refractivity contribution in [1.82, 2.24) is 10.2 Å². The summed E-state index contributed by atoms with van der Waals surface area (Å²) in [6.45, 7) is -0.204. The summed E-state index contributed by atoms with van der Waals surface area (Å²) in [6.07, 6.45) is -0.507. The topological polar surface area (TPSA) is 157 Å². The van der Waals surface area contributed by atoms with E-state index in [1.807, 2.05) is 0 Å². The predicted octanol–water partition coefficient (Wildman–Crippen LogP) is -0.502. The van der Waals surface area contributed by atoms with Crippen LogP contribution in [0, 0.1) is 0 Å². The number of amides is 5. The minimum atomic E-state index is -0.928. The molecule has 0 aliphatic carbocycles. The zero-order valence-corrected chi connectivity index (χ0v) is 15.4. The highest BCUT2D eigenvalue weighted by Crippen LogP contribution is 2.32. The monoisotopic (exact) mass is 404 g/mol. The number of carbonyl (C=O) groups excluding carboxylic acids is 5. The van der Waals surface area contributed by atoms with Gasteiger partial charge in [-0.1, -0.05) is 6.07 Å². The first-order valence-electron chi connectivity index (χ1n) is 8.93. The van der Waals surface area contributed by atoms with Crippen LogP contribution in [-0.4, -0.2) is 60.5 Å². The van der Waals surface area contributed by atoms with Crippen molar-refractivity contribution in [3.63, 3.8) is 0 Å². The molecule has 2 aliphatic rings. The third-order valence-corrected chi connectivity index (χ3v) is 4.56. The van der Waals surface area contributed by atoms with Gasteiger partial charge in [0, 0.05) is 29.8 Å². The summed E-state index contributed by atoms with van der Waals surface area (Å²) >= 11 is 0. The van der Waals surface area contributed by atoms with Crippen LogP contribution in [0.3, 0.4) is 0 Å². The molecule has 29 heavy (non-hydrogen) atoms. The van der Waals surface area contributed by atoms with Gasteiger partial charge in [-0.05, 0) is 18.6 Å². The fraction of sp³-hybridized carbons (Fsp3) is 0.389. The molecule has 0 bridgehead atoms. The van der Waals surface area contributed by atoms with E-state index in [1.165, 1.54) is 4.90 Å². The summed E-state index contributed by atoms with van der Waals surface area (Å²) in [5.41, 5.74) is 6.23. The van der Waals surface area contributed by atoms with Crippen molar-refractivity contribution in [1.29, 1.82) is 0 Å². The second kappa shape index (κ2) is 8.69. The molecule has 0 radical (unpaired) electrons. The summed E-state index contributed by atoms with van der Waals surface area (Å²) in [6, 6.07) is 4.16. The summed E-state index contributed by atoms with van der Waals surface area (Å²) in [5, 5.41) is 4.92. The molecule has 5 amide bonds. The van der Waals surface area contributed by atoms with Crippen LogP contribution in [0.4, 0.5) is 10.5 Å². The summed E-state index contributed by atoms with van der Waals surface area (Å²) < 4.78 is 9.58. The number of benzene rings is 1. The minimum absolute atomic E-state index is 0.00499. The van der Waals surface area contributed by atoms with Gasteiger partial charge in [0.25, 0.3) is 5.91 Å². The molecule has 1 atom stereocenters. The molecule has 11 nitrogen and oxygen atoms in total. The highest BCUT2D eigenvalue weighted by Gasteiger charge is 2.39. The lowest BCUT2D eigenvalue weighted by atomic mass is 10.0. The van der Waals surface area contributed by atoms with E-state index < -0.39 is 23.9 Å². The predicted molar refractivity (Wildman–Crippen MR) is 97.5 cm³/mol. The number of imide groups is 1. The summed E-state index contributed by atoms with van der Waals surface area (Å²) in [5.74, 6) is -1.64. The minimum Gasteiger partial charge on any atom is -0.447 e. The number of hydrogen-bond donors (Lipinski definition) is 3. The number of ether oxygens (including phenoxy) is 2. The lowest BCUT2D eigenvalue weighted by molar-refractivity contribution is -0.137. The largest absolute Gasteiger partial charge is 0.447 e. The number of piperidine rings is 1. The van der Waals surface area contributed by atoms with Gasteiger partial charge in [0.15, 0.2) is 0 Å². The van der Waals surface area contributed by atoms with Crippen molar-refractivity contribution >= 4 is 35.4 Å². The molecule has 1 fully saturated rings. The third-order valence-electron chi connectivity index (χ3n) is 4.56. The molecule has 154 valence electrons. The van der Waals surface area contributed by atoms with Gasteiger partial charge < -0.3 is 25.4 Å². The van der Waals surface area contributed by atoms with Gasteiger partial charge in [-0.15, -0.1) is 0 Å². The Morgan fingerprint density at radius 1 is 1.24 bits per heavy atom. The Labute approximate surface area is 165 Å². The molecule has 3 rings (SSSR count). The number of rotatable bonds is 7. The quantitative estimate of drug-likeness (QED) is 0.408. The number of carbonyl (C=O) groups is 5. The van der Waals surface area contributed by atoms with Crippen molar-refractivity contribution in [2.45, 2.75) is 25.4 Å². The van der Waals surface area contributed by atoms with E-state index in [0.29, 0.717) is 16.8 Å². The molecule has 0 saturated carbocycles. The highest BCUT2D eigenvalue weighted by molar-refractivity contribution is 6.06. The van der Waals surface area contributed by atoms with E-state index in [-0.39, 0.29) is 51.0 Å². The van der Waals surface area contributed by atoms with Crippen LogP contribution in [0.25, 0.3) is 0 Å². The maximum absolute atomic E-state index is 12.7. The van der Waals surface area contributed by atoms with Crippen LogP contribution in [0.2, 0.25) is 0 Å². The first-order valence-corrected chi connectivity index (χ1v) is 8.93. The Morgan fingerprint density at radius 2 is 2.03 bits per heavy atom. The average Bonchev–Trinajstić information content (AvgIpc) is 2.99. The number of hydrogen-bond acceptors (Lipinski definition) is 7. The smallest absolute Gasteiger partial charge is 0.404 e. The van der Waals surface area contributed by atoms with Crippen LogP contribution in [0.5, 0.6) is 0 Å². The Hall–Kier alpha value is -3.47. The molecule has 0 spiro atoms. The molecular weight excluding hydrogens is 384 g/mol. The van der Waals surface area contributed by atoms with Gasteiger partial charge in [0.2, 0.25) is 17.7 Å². The first kappa shape index (κ1) is 20.3. The van der Waals surface area contributed by atoms with Crippen molar-refractivity contribution in [3.8, 4) is 0 Å². The molecule has 1 saturated heterocycles. The number of primary amides is 1. The Balaban J connectivity index is 1.61. The molecular formula is C18H20N4O7. The second-order valence-electron chi connectivity index (χ2n) is 6.50. The van der Waals surface area contributed by atoms with E-state index in [9.17, 15) is 24.0 Å². The maximum atomic E-state index is 12.7. The Bertz CT molecular complexity index is 870. The molecule has 2 heterocycles. The first-order chi connectivity index (χ1) is 13.9. The Kier molecular flexibility index (Phi) is 6.07. The number of fused-ring (bicyclic) bond motifs is 1. The fourth-order valence-corrected chi connectivity index (χ4v) is 3.26. The number of nitrogens with zero attached hydrogens (tertiary/aromatic N) is 1. The van der Waals surface area contributed by atoms with Crippen molar-refractivity contribution in [2.75, 3.05) is 25.1 Å². The van der Waals surface area contributed by atoms with E-state index in [1.54, 1.807) is 18.2 Å². The van der Waals surface area contributed by atoms with Gasteiger partial charge in [0.1, 0.15) is 19.3 Å². The molecule has 1 aromatic carbocycles. The zero-order chi connectivity index (χ0) is 21.0. The van der Waals surface area contributed by atoms with Crippen molar-refractivity contribution in [3.05, 3.63) is 29.3 Å². The van der Waals surface area contributed by atoms with Gasteiger partial charge in [-0.25, -0.2) is 4.79 Å². The Morgan fingerprint density at radius 3 is 2.76 bits per heavy atom. The standard InChI is InChI=1S/C18H20N4O7/c19-18(27)29-7-6-28-9-15(24)20-12-3-1-2-10-11(12)8-22(17(10)26)13-4-5-14(23)21-16(13)25/h1-3,13H,4-9H2,(H2,19,27)(H,20,24)(H,21,23,25). The normalized spacial score (nSPS) is 18.3. The summed E-state index contributed by atoms with van der Waals surface area (Å²) in [7, 11) is 0. The van der Waals surface area contributed by atoms with Crippen LogP contribution in [0.15, 0.2) is 18.2 Å². The van der Waals surface area contributed by atoms with Crippen molar-refractivity contribution in [2.24, 2.45) is 5.73 Å². The third kappa shape index (κ3) is 4.69. The molecule has 0 aromatic heterocycles. The zero-order valence-electron chi connectivity index (χ0n) is 15.4. The lowest BCUT2D eigenvalue weighted by Gasteiger charge is -2.29. The van der Waals surface area contributed by atoms with Gasteiger partial charge >= 0.3 is 6.09 Å². The van der Waals surface area contributed by atoms with Crippen LogP contribution >= 0.6 is 0 Å². The van der Waals surface area contributed by atoms with E-state index >= 15 is 0 Å². The van der Waals surface area contributed by atoms with E-state index in [2.05, 4.69) is 15.4 Å². The maximum Gasteiger partial charge on any atom is 0.404 e. The van der Waals surface area contributed by atoms with Crippen LogP contribution in [0.1, 0.15) is 28.8 Å². The molecule has 1 unspecified atom stereocenters. The lowest BCUT2D eigenvalue weighted by Crippen LogP contribution is -2.52. The average molecular weight is 404 g/mol. The van der Waals surface area contributed by atoms with Crippen LogP contribution in [-0.2, 0) is 30.4 Å². The molecule has 11 heteroatoms. The van der Waals surface area contributed by atoms with Gasteiger partial charge in [-0.3, -0.25) is 24.5 Å².